The molecule has 4 fully saturated rings. The third-order valence-electron chi connectivity index (χ3n) is 7.34. The third-order valence-corrected chi connectivity index (χ3v) is 7.34. The molecule has 0 aromatic heterocycles. The Bertz CT molecular complexity index is 900. The van der Waals surface area contributed by atoms with Crippen LogP contribution in [0.5, 0.6) is 0 Å². The molecule has 1 aromatic carbocycles. The van der Waals surface area contributed by atoms with Gasteiger partial charge in [-0.15, -0.1) is 0 Å². The summed E-state index contributed by atoms with van der Waals surface area (Å²) in [6.45, 7) is 0.451. The zero-order valence-electron chi connectivity index (χ0n) is 16.6. The first-order valence-corrected chi connectivity index (χ1v) is 10.7. The highest BCUT2D eigenvalue weighted by Crippen LogP contribution is 2.62. The molecule has 1 aliphatic heterocycles. The molecule has 6 rings (SSSR count). The Labute approximate surface area is 171 Å². The van der Waals surface area contributed by atoms with E-state index < -0.39 is 11.6 Å². The quantitative estimate of drug-likeness (QED) is 0.800. The van der Waals surface area contributed by atoms with Gasteiger partial charge in [-0.2, -0.15) is 5.26 Å². The van der Waals surface area contributed by atoms with Gasteiger partial charge in [0.15, 0.2) is 0 Å². The van der Waals surface area contributed by atoms with E-state index in [1.807, 2.05) is 36.4 Å². The number of aliphatic imine (C=N–C) groups is 1. The Kier molecular flexibility index (Phi) is 4.36. The maximum absolute atomic E-state index is 13.7. The van der Waals surface area contributed by atoms with Crippen LogP contribution in [0.15, 0.2) is 47.6 Å². The van der Waals surface area contributed by atoms with E-state index in [0.29, 0.717) is 36.9 Å². The van der Waals surface area contributed by atoms with E-state index in [0.717, 1.165) is 37.7 Å². The summed E-state index contributed by atoms with van der Waals surface area (Å²) >= 11 is 0. The van der Waals surface area contributed by atoms with Gasteiger partial charge in [0.1, 0.15) is 11.8 Å². The van der Waals surface area contributed by atoms with E-state index in [4.69, 9.17) is 4.99 Å². The predicted molar refractivity (Wildman–Crippen MR) is 110 cm³/mol. The highest BCUT2D eigenvalue weighted by Gasteiger charge is 2.60. The zero-order valence-corrected chi connectivity index (χ0v) is 16.6. The van der Waals surface area contributed by atoms with Crippen molar-refractivity contribution in [2.24, 2.45) is 22.2 Å². The Morgan fingerprint density at radius 1 is 1.21 bits per heavy atom. The molecule has 1 amide bonds. The van der Waals surface area contributed by atoms with Crippen LogP contribution in [0.4, 0.5) is 0 Å². The molecule has 1 heterocycles. The van der Waals surface area contributed by atoms with Crippen molar-refractivity contribution in [3.8, 4) is 6.07 Å². The molecule has 5 aliphatic rings. The van der Waals surface area contributed by atoms with Crippen LogP contribution < -0.4 is 0 Å². The normalized spacial score (nSPS) is 37.7. The van der Waals surface area contributed by atoms with Crippen LogP contribution in [0.2, 0.25) is 0 Å². The summed E-state index contributed by atoms with van der Waals surface area (Å²) in [5, 5.41) is 20.7. The van der Waals surface area contributed by atoms with E-state index >= 15 is 0 Å². The highest BCUT2D eigenvalue weighted by atomic mass is 16.3. The number of rotatable bonds is 4. The maximum atomic E-state index is 13.7. The van der Waals surface area contributed by atoms with Crippen LogP contribution in [-0.2, 0) is 11.3 Å². The molecule has 4 bridgehead atoms. The Morgan fingerprint density at radius 2 is 1.93 bits per heavy atom. The van der Waals surface area contributed by atoms with Gasteiger partial charge in [-0.05, 0) is 55.9 Å². The van der Waals surface area contributed by atoms with Crippen molar-refractivity contribution in [2.75, 3.05) is 0 Å². The molecule has 3 unspecified atom stereocenters. The largest absolute Gasteiger partial charge is 0.390 e. The molecule has 0 radical (unpaired) electrons. The summed E-state index contributed by atoms with van der Waals surface area (Å²) in [7, 11) is 0. The molecular formula is C24H27N3O2. The van der Waals surface area contributed by atoms with Crippen molar-refractivity contribution in [1.82, 2.24) is 4.90 Å². The number of nitrogens with zero attached hydrogens (tertiary/aromatic N) is 3. The van der Waals surface area contributed by atoms with Crippen molar-refractivity contribution in [2.45, 2.75) is 63.1 Å². The minimum Gasteiger partial charge on any atom is -0.390 e. The van der Waals surface area contributed by atoms with Crippen LogP contribution in [0, 0.1) is 28.6 Å². The number of aliphatic hydroxyl groups is 1. The van der Waals surface area contributed by atoms with Gasteiger partial charge in [-0.1, -0.05) is 36.4 Å². The molecule has 4 aliphatic carbocycles. The predicted octanol–water partition coefficient (Wildman–Crippen LogP) is 3.60. The summed E-state index contributed by atoms with van der Waals surface area (Å²) in [6, 6.07) is 11.8. The average molecular weight is 389 g/mol. The average Bonchev–Trinajstić information content (AvgIpc) is 3.15. The van der Waals surface area contributed by atoms with Crippen LogP contribution in [0.3, 0.4) is 0 Å². The summed E-state index contributed by atoms with van der Waals surface area (Å²) in [4.78, 5) is 20.1. The van der Waals surface area contributed by atoms with Crippen molar-refractivity contribution in [3.63, 3.8) is 0 Å². The molecule has 29 heavy (non-hydrogen) atoms. The van der Waals surface area contributed by atoms with Crippen molar-refractivity contribution < 1.29 is 9.90 Å². The topological polar surface area (TPSA) is 76.7 Å². The van der Waals surface area contributed by atoms with Gasteiger partial charge in [0.2, 0.25) is 0 Å². The van der Waals surface area contributed by atoms with E-state index in [2.05, 4.69) is 6.07 Å². The lowest BCUT2D eigenvalue weighted by Gasteiger charge is -2.60. The highest BCUT2D eigenvalue weighted by molar-refractivity contribution is 6.41. The van der Waals surface area contributed by atoms with E-state index in [1.54, 1.807) is 11.1 Å². The SMILES string of the molecule is N#CC1CC=CN1C(=O)C(=NCc1ccccc1)C12CC3CC(CC(O)(C3)C1)C2. The zero-order chi connectivity index (χ0) is 20.1. The number of hydrogen-bond acceptors (Lipinski definition) is 4. The van der Waals surface area contributed by atoms with E-state index in [1.165, 1.54) is 0 Å². The van der Waals surface area contributed by atoms with E-state index in [9.17, 15) is 15.2 Å². The molecule has 5 heteroatoms. The monoisotopic (exact) mass is 389 g/mol. The molecule has 4 saturated carbocycles. The van der Waals surface area contributed by atoms with Gasteiger partial charge in [-0.25, -0.2) is 0 Å². The molecule has 0 spiro atoms. The number of hydrogen-bond donors (Lipinski definition) is 1. The lowest BCUT2D eigenvalue weighted by atomic mass is 9.46. The smallest absolute Gasteiger partial charge is 0.273 e. The van der Waals surface area contributed by atoms with Gasteiger partial charge < -0.3 is 5.11 Å². The number of carbonyl (C=O) groups is 1. The molecule has 0 saturated heterocycles. The Hall–Kier alpha value is -2.45. The molecule has 1 N–H and O–H groups in total. The van der Waals surface area contributed by atoms with Crippen molar-refractivity contribution >= 4 is 11.6 Å². The number of amides is 1. The second kappa shape index (κ2) is 6.81. The minimum absolute atomic E-state index is 0.146. The van der Waals surface area contributed by atoms with E-state index in [-0.39, 0.29) is 11.3 Å². The fourth-order valence-electron chi connectivity index (χ4n) is 6.67. The lowest BCUT2D eigenvalue weighted by molar-refractivity contribution is -0.145. The van der Waals surface area contributed by atoms with Crippen LogP contribution >= 0.6 is 0 Å². The summed E-state index contributed by atoms with van der Waals surface area (Å²) in [6.07, 6.45) is 9.55. The fourth-order valence-corrected chi connectivity index (χ4v) is 6.67. The minimum atomic E-state index is -0.659. The van der Waals surface area contributed by atoms with Gasteiger partial charge >= 0.3 is 0 Å². The summed E-state index contributed by atoms with van der Waals surface area (Å²) < 4.78 is 0. The number of benzene rings is 1. The first-order chi connectivity index (χ1) is 14.0. The second-order valence-electron chi connectivity index (χ2n) is 9.59. The third kappa shape index (κ3) is 3.20. The number of carbonyl (C=O) groups excluding carboxylic acids is 1. The van der Waals surface area contributed by atoms with Crippen LogP contribution in [0.25, 0.3) is 0 Å². The molecule has 5 nitrogen and oxygen atoms in total. The Morgan fingerprint density at radius 3 is 2.59 bits per heavy atom. The standard InChI is InChI=1S/C24H27N3O2/c25-14-20-7-4-8-27(20)22(28)21(26-15-17-5-2-1-3-6-17)23-10-18-9-19(11-23)13-24(29,12-18)16-23/h1-6,8,18-20,29H,7,9-13,15-16H2. The van der Waals surface area contributed by atoms with Gasteiger partial charge in [0, 0.05) is 18.0 Å². The molecule has 3 atom stereocenters. The molecule has 1 aromatic rings. The van der Waals surface area contributed by atoms with Crippen LogP contribution in [0.1, 0.15) is 50.5 Å². The van der Waals surface area contributed by atoms with Crippen LogP contribution in [-0.4, -0.2) is 33.3 Å². The lowest BCUT2D eigenvalue weighted by Crippen LogP contribution is -2.60. The van der Waals surface area contributed by atoms with Crippen molar-refractivity contribution in [1.29, 1.82) is 5.26 Å². The van der Waals surface area contributed by atoms with Gasteiger partial charge in [0.05, 0.1) is 18.2 Å². The first-order valence-electron chi connectivity index (χ1n) is 10.7. The summed E-state index contributed by atoms with van der Waals surface area (Å²) in [5.41, 5.74) is 0.629. The first kappa shape index (κ1) is 18.6. The molecule has 150 valence electrons. The summed E-state index contributed by atoms with van der Waals surface area (Å²) in [5.74, 6) is 0.792. The van der Waals surface area contributed by atoms with Crippen molar-refractivity contribution in [3.05, 3.63) is 48.2 Å². The number of nitriles is 1. The molecular weight excluding hydrogens is 362 g/mol. The van der Waals surface area contributed by atoms with Gasteiger partial charge in [0.25, 0.3) is 5.91 Å². The van der Waals surface area contributed by atoms with Gasteiger partial charge in [-0.3, -0.25) is 14.7 Å². The maximum Gasteiger partial charge on any atom is 0.273 e. The Balaban J connectivity index is 1.53. The second-order valence-corrected chi connectivity index (χ2v) is 9.59. The fraction of sp³-hybridized carbons (Fsp3) is 0.542.